The number of hydrogen-bond donors (Lipinski definition) is 0. The largest absolute Gasteiger partial charge is 0.493 e. The quantitative estimate of drug-likeness (QED) is 0.756. The number of Topliss-reactive ketones (excluding diaryl/α,β-unsaturated/α-hetero) is 2. The van der Waals surface area contributed by atoms with Gasteiger partial charge in [0.1, 0.15) is 0 Å². The fraction of sp³-hybridized carbons (Fsp3) is 0.474. The average molecular weight is 359 g/mol. The number of fused-ring (bicyclic) bond motifs is 4. The maximum atomic E-state index is 12.9. The molecular weight excluding hydrogens is 338 g/mol. The van der Waals surface area contributed by atoms with E-state index in [0.29, 0.717) is 22.8 Å². The fourth-order valence-electron chi connectivity index (χ4n) is 4.24. The summed E-state index contributed by atoms with van der Waals surface area (Å²) in [6.45, 7) is 2.75. The molecule has 1 aromatic rings. The van der Waals surface area contributed by atoms with Crippen LogP contribution in [-0.2, 0) is 16.0 Å². The van der Waals surface area contributed by atoms with Gasteiger partial charge in [0.15, 0.2) is 23.1 Å². The van der Waals surface area contributed by atoms with Crippen LogP contribution in [0.5, 0.6) is 11.5 Å². The molecule has 5 nitrogen and oxygen atoms in total. The second kappa shape index (κ2) is 6.09. The topological polar surface area (TPSA) is 55.8 Å². The van der Waals surface area contributed by atoms with Gasteiger partial charge >= 0.3 is 0 Å². The van der Waals surface area contributed by atoms with Crippen LogP contribution in [0.3, 0.4) is 0 Å². The first-order chi connectivity index (χ1) is 12.1. The lowest BCUT2D eigenvalue weighted by Crippen LogP contribution is -2.48. The Hall–Kier alpha value is -1.95. The van der Waals surface area contributed by atoms with Gasteiger partial charge in [0.25, 0.3) is 0 Å². The second-order valence-corrected chi connectivity index (χ2v) is 7.67. The van der Waals surface area contributed by atoms with Crippen molar-refractivity contribution in [2.75, 3.05) is 32.3 Å². The number of hydrogen-bond acceptors (Lipinski definition) is 6. The van der Waals surface area contributed by atoms with Crippen LogP contribution in [0.1, 0.15) is 24.1 Å². The molecule has 3 aliphatic heterocycles. The number of ether oxygens (including phenoxy) is 2. The first-order valence-corrected chi connectivity index (χ1v) is 9.62. The van der Waals surface area contributed by atoms with E-state index >= 15 is 0 Å². The van der Waals surface area contributed by atoms with Gasteiger partial charge in [-0.3, -0.25) is 9.59 Å². The van der Waals surface area contributed by atoms with Crippen molar-refractivity contribution in [1.82, 2.24) is 4.90 Å². The van der Waals surface area contributed by atoms with Gasteiger partial charge in [0, 0.05) is 23.9 Å². The highest BCUT2D eigenvalue weighted by molar-refractivity contribution is 8.00. The van der Waals surface area contributed by atoms with Crippen LogP contribution in [0, 0.1) is 5.92 Å². The van der Waals surface area contributed by atoms with E-state index in [2.05, 4.69) is 4.90 Å². The van der Waals surface area contributed by atoms with E-state index in [-0.39, 0.29) is 23.5 Å². The van der Waals surface area contributed by atoms with E-state index in [1.54, 1.807) is 26.0 Å². The molecule has 0 fully saturated rings. The number of carbonyl (C=O) groups excluding carboxylic acids is 2. The number of ketones is 2. The van der Waals surface area contributed by atoms with Gasteiger partial charge in [0.05, 0.1) is 31.6 Å². The first-order valence-electron chi connectivity index (χ1n) is 8.46. The van der Waals surface area contributed by atoms with Crippen molar-refractivity contribution < 1.29 is 19.1 Å². The molecule has 3 aliphatic rings. The molecule has 0 spiro atoms. The zero-order valence-corrected chi connectivity index (χ0v) is 15.4. The molecule has 0 saturated carbocycles. The predicted octanol–water partition coefficient (Wildman–Crippen LogP) is 2.39. The van der Waals surface area contributed by atoms with E-state index in [9.17, 15) is 9.59 Å². The molecule has 132 valence electrons. The van der Waals surface area contributed by atoms with Crippen LogP contribution < -0.4 is 9.47 Å². The molecule has 4 rings (SSSR count). The minimum atomic E-state index is -0.247. The van der Waals surface area contributed by atoms with Gasteiger partial charge < -0.3 is 14.4 Å². The molecule has 25 heavy (non-hydrogen) atoms. The normalized spacial score (nSPS) is 25.3. The molecule has 0 radical (unpaired) electrons. The minimum absolute atomic E-state index is 0.0100. The SMILES string of the molecule is COc1cc2c(cc1OC)[C@H]1[C@@H](C)C(=O)C3=C(CSCC3=O)N1CC2. The Bertz CT molecular complexity index is 801. The van der Waals surface area contributed by atoms with Gasteiger partial charge in [-0.15, -0.1) is 11.8 Å². The zero-order valence-electron chi connectivity index (χ0n) is 14.6. The van der Waals surface area contributed by atoms with E-state index in [4.69, 9.17) is 9.47 Å². The predicted molar refractivity (Wildman–Crippen MR) is 96.2 cm³/mol. The second-order valence-electron chi connectivity index (χ2n) is 6.68. The van der Waals surface area contributed by atoms with Crippen LogP contribution in [0.25, 0.3) is 0 Å². The molecule has 0 bridgehead atoms. The van der Waals surface area contributed by atoms with Crippen LogP contribution >= 0.6 is 11.8 Å². The Kier molecular flexibility index (Phi) is 4.02. The maximum absolute atomic E-state index is 12.9. The molecule has 6 heteroatoms. The van der Waals surface area contributed by atoms with Crippen LogP contribution in [0.4, 0.5) is 0 Å². The first kappa shape index (κ1) is 16.5. The highest BCUT2D eigenvalue weighted by atomic mass is 32.2. The van der Waals surface area contributed by atoms with Crippen LogP contribution in [-0.4, -0.2) is 48.7 Å². The lowest BCUT2D eigenvalue weighted by molar-refractivity contribution is -0.125. The van der Waals surface area contributed by atoms with E-state index in [1.165, 1.54) is 5.56 Å². The van der Waals surface area contributed by atoms with E-state index in [1.807, 2.05) is 19.1 Å². The maximum Gasteiger partial charge on any atom is 0.178 e. The summed E-state index contributed by atoms with van der Waals surface area (Å²) in [7, 11) is 3.26. The smallest absolute Gasteiger partial charge is 0.178 e. The number of benzene rings is 1. The van der Waals surface area contributed by atoms with Gasteiger partial charge in [-0.25, -0.2) is 0 Å². The Morgan fingerprint density at radius 3 is 2.56 bits per heavy atom. The van der Waals surface area contributed by atoms with Crippen molar-refractivity contribution in [3.05, 3.63) is 34.5 Å². The van der Waals surface area contributed by atoms with Gasteiger partial charge in [0.2, 0.25) is 0 Å². The highest BCUT2D eigenvalue weighted by Crippen LogP contribution is 2.47. The number of allylic oxidation sites excluding steroid dienone is 1. The lowest BCUT2D eigenvalue weighted by Gasteiger charge is -2.47. The Labute approximate surface area is 151 Å². The summed E-state index contributed by atoms with van der Waals surface area (Å²) >= 11 is 1.60. The molecule has 2 atom stereocenters. The van der Waals surface area contributed by atoms with Gasteiger partial charge in [-0.2, -0.15) is 0 Å². The lowest BCUT2D eigenvalue weighted by atomic mass is 9.77. The van der Waals surface area contributed by atoms with Gasteiger partial charge in [-0.05, 0) is 29.7 Å². The van der Waals surface area contributed by atoms with E-state index < -0.39 is 0 Å². The summed E-state index contributed by atoms with van der Waals surface area (Å²) in [5.41, 5.74) is 3.68. The third-order valence-corrected chi connectivity index (χ3v) is 6.39. The number of nitrogens with zero attached hydrogens (tertiary/aromatic N) is 1. The van der Waals surface area contributed by atoms with E-state index in [0.717, 1.165) is 30.0 Å². The Morgan fingerprint density at radius 1 is 1.12 bits per heavy atom. The Balaban J connectivity index is 1.86. The fourth-order valence-corrected chi connectivity index (χ4v) is 5.18. The molecule has 0 unspecified atom stereocenters. The molecule has 0 amide bonds. The third-order valence-electron chi connectivity index (χ3n) is 5.44. The summed E-state index contributed by atoms with van der Waals surface area (Å²) in [5, 5.41) is 0. The highest BCUT2D eigenvalue weighted by Gasteiger charge is 2.45. The standard InChI is InChI=1S/C19H21NO4S/c1-10-18-12-7-16(24-3)15(23-2)6-11(12)4-5-20(18)13-8-25-9-14(21)17(13)19(10)22/h6-7,10,18H,4-5,8-9H2,1-3H3/t10-,18-/m1/s1. The average Bonchev–Trinajstić information content (AvgIpc) is 2.63. The summed E-state index contributed by atoms with van der Waals surface area (Å²) in [5.74, 6) is 2.27. The van der Waals surface area contributed by atoms with Crippen LogP contribution in [0.2, 0.25) is 0 Å². The van der Waals surface area contributed by atoms with Crippen molar-refractivity contribution in [3.8, 4) is 11.5 Å². The summed E-state index contributed by atoms with van der Waals surface area (Å²) in [6.07, 6.45) is 0.864. The van der Waals surface area contributed by atoms with Crippen molar-refractivity contribution in [3.63, 3.8) is 0 Å². The summed E-state index contributed by atoms with van der Waals surface area (Å²) in [4.78, 5) is 27.5. The molecule has 0 aromatic heterocycles. The van der Waals surface area contributed by atoms with Crippen LogP contribution in [0.15, 0.2) is 23.4 Å². The van der Waals surface area contributed by atoms with Crippen molar-refractivity contribution in [1.29, 1.82) is 0 Å². The summed E-state index contributed by atoms with van der Waals surface area (Å²) < 4.78 is 10.9. The molecular formula is C19H21NO4S. The minimum Gasteiger partial charge on any atom is -0.493 e. The van der Waals surface area contributed by atoms with Crippen molar-refractivity contribution >= 4 is 23.3 Å². The van der Waals surface area contributed by atoms with Crippen molar-refractivity contribution in [2.45, 2.75) is 19.4 Å². The number of carbonyl (C=O) groups is 2. The molecule has 3 heterocycles. The number of rotatable bonds is 2. The van der Waals surface area contributed by atoms with Gasteiger partial charge in [-0.1, -0.05) is 6.92 Å². The van der Waals surface area contributed by atoms with Crippen molar-refractivity contribution in [2.24, 2.45) is 5.92 Å². The summed E-state index contributed by atoms with van der Waals surface area (Å²) in [6, 6.07) is 3.98. The molecule has 0 N–H and O–H groups in total. The monoisotopic (exact) mass is 359 g/mol. The zero-order chi connectivity index (χ0) is 17.7. The number of thioether (sulfide) groups is 1. The number of methoxy groups -OCH3 is 2. The molecule has 0 saturated heterocycles. The molecule has 1 aromatic carbocycles. The third kappa shape index (κ3) is 2.38. The Morgan fingerprint density at radius 2 is 1.84 bits per heavy atom. The molecule has 0 aliphatic carbocycles.